The van der Waals surface area contributed by atoms with Gasteiger partial charge >= 0.3 is 0 Å². The fourth-order valence-electron chi connectivity index (χ4n) is 4.02. The van der Waals surface area contributed by atoms with Gasteiger partial charge in [0.2, 0.25) is 15.9 Å². The fourth-order valence-corrected chi connectivity index (χ4v) is 6.69. The van der Waals surface area contributed by atoms with Crippen molar-refractivity contribution in [3.63, 3.8) is 0 Å². The molecule has 0 saturated carbocycles. The number of thiazole rings is 1. The zero-order chi connectivity index (χ0) is 23.4. The smallest absolute Gasteiger partial charge is 0.248 e. The van der Waals surface area contributed by atoms with Crippen molar-refractivity contribution in [2.45, 2.75) is 44.4 Å². The van der Waals surface area contributed by atoms with Gasteiger partial charge in [0.1, 0.15) is 10.6 Å². The lowest BCUT2D eigenvalue weighted by Crippen LogP contribution is -2.45. The van der Waals surface area contributed by atoms with Crippen LogP contribution in [0.2, 0.25) is 0 Å². The molecule has 1 atom stereocenters. The first-order valence-corrected chi connectivity index (χ1v) is 13.2. The van der Waals surface area contributed by atoms with Crippen LogP contribution in [0.3, 0.4) is 0 Å². The predicted octanol–water partition coefficient (Wildman–Crippen LogP) is 2.96. The Kier molecular flexibility index (Phi) is 7.20. The molecule has 4 heterocycles. The summed E-state index contributed by atoms with van der Waals surface area (Å²) in [4.78, 5) is 21.5. The number of aromatic nitrogens is 3. The molecule has 0 radical (unpaired) electrons. The van der Waals surface area contributed by atoms with Gasteiger partial charge in [-0.15, -0.1) is 11.3 Å². The van der Waals surface area contributed by atoms with Crippen LogP contribution in [-0.4, -0.2) is 53.4 Å². The second kappa shape index (κ2) is 10.1. The van der Waals surface area contributed by atoms with Crippen molar-refractivity contribution in [2.75, 3.05) is 19.6 Å². The molecule has 1 fully saturated rings. The molecule has 11 heteroatoms. The van der Waals surface area contributed by atoms with E-state index in [9.17, 15) is 13.2 Å². The van der Waals surface area contributed by atoms with Gasteiger partial charge in [0, 0.05) is 49.4 Å². The number of piperidine rings is 1. The molecule has 0 spiro atoms. The summed E-state index contributed by atoms with van der Waals surface area (Å²) >= 11 is 1.60. The lowest BCUT2D eigenvalue weighted by Gasteiger charge is -2.31. The van der Waals surface area contributed by atoms with Gasteiger partial charge in [0.25, 0.3) is 0 Å². The first-order chi connectivity index (χ1) is 15.9. The molecule has 176 valence electrons. The maximum Gasteiger partial charge on any atom is 0.248 e. The van der Waals surface area contributed by atoms with Crippen molar-refractivity contribution >= 4 is 27.3 Å². The summed E-state index contributed by atoms with van der Waals surface area (Å²) in [6.45, 7) is 4.28. The topological polar surface area (TPSA) is 118 Å². The summed E-state index contributed by atoms with van der Waals surface area (Å²) < 4.78 is 32.5. The first-order valence-electron chi connectivity index (χ1n) is 10.9. The third-order valence-electron chi connectivity index (χ3n) is 5.72. The van der Waals surface area contributed by atoms with Crippen LogP contribution in [0, 0.1) is 19.8 Å². The van der Waals surface area contributed by atoms with Crippen LogP contribution in [0.4, 0.5) is 0 Å². The average molecular weight is 490 g/mol. The van der Waals surface area contributed by atoms with Gasteiger partial charge in [0.15, 0.2) is 5.76 Å². The van der Waals surface area contributed by atoms with Gasteiger partial charge in [-0.25, -0.2) is 13.4 Å². The van der Waals surface area contributed by atoms with E-state index >= 15 is 0 Å². The summed E-state index contributed by atoms with van der Waals surface area (Å²) in [6, 6.07) is 3.86. The number of aryl methyl sites for hydroxylation is 3. The number of carbonyl (C=O) groups excluding carboxylic acids is 1. The minimum atomic E-state index is -3.74. The maximum absolute atomic E-state index is 13.1. The van der Waals surface area contributed by atoms with Crippen molar-refractivity contribution in [2.24, 2.45) is 5.92 Å². The molecule has 0 unspecified atom stereocenters. The maximum atomic E-state index is 13.1. The molecule has 0 aromatic carbocycles. The van der Waals surface area contributed by atoms with E-state index in [4.69, 9.17) is 4.52 Å². The third kappa shape index (κ3) is 5.31. The monoisotopic (exact) mass is 489 g/mol. The Hall–Kier alpha value is -2.63. The number of pyridine rings is 1. The molecule has 9 nitrogen and oxygen atoms in total. The second-order valence-electron chi connectivity index (χ2n) is 8.11. The Morgan fingerprint density at radius 2 is 2.09 bits per heavy atom. The van der Waals surface area contributed by atoms with E-state index in [0.717, 1.165) is 29.1 Å². The molecule has 1 aliphatic rings. The first kappa shape index (κ1) is 23.5. The lowest BCUT2D eigenvalue weighted by molar-refractivity contribution is -0.126. The molecule has 0 bridgehead atoms. The number of sulfonamides is 1. The predicted molar refractivity (Wildman–Crippen MR) is 124 cm³/mol. The number of rotatable bonds is 8. The average Bonchev–Trinajstić information content (AvgIpc) is 3.43. The Morgan fingerprint density at radius 1 is 1.30 bits per heavy atom. The summed E-state index contributed by atoms with van der Waals surface area (Å²) in [7, 11) is -3.74. The fraction of sp³-hybridized carbons (Fsp3) is 0.455. The quantitative estimate of drug-likeness (QED) is 0.483. The van der Waals surface area contributed by atoms with Gasteiger partial charge in [-0.1, -0.05) is 5.16 Å². The van der Waals surface area contributed by atoms with Gasteiger partial charge in [-0.3, -0.25) is 9.78 Å². The van der Waals surface area contributed by atoms with Crippen LogP contribution < -0.4 is 5.32 Å². The minimum absolute atomic E-state index is 0.106. The molecule has 1 saturated heterocycles. The minimum Gasteiger partial charge on any atom is -0.360 e. The Bertz CT molecular complexity index is 1190. The highest BCUT2D eigenvalue weighted by Gasteiger charge is 2.36. The molecule has 1 N–H and O–H groups in total. The Balaban J connectivity index is 1.27. The van der Waals surface area contributed by atoms with E-state index in [1.54, 1.807) is 37.6 Å². The molecular weight excluding hydrogens is 462 g/mol. The van der Waals surface area contributed by atoms with Crippen molar-refractivity contribution in [3.8, 4) is 11.3 Å². The highest BCUT2D eigenvalue weighted by molar-refractivity contribution is 7.89. The van der Waals surface area contributed by atoms with Crippen molar-refractivity contribution in [1.29, 1.82) is 0 Å². The molecule has 33 heavy (non-hydrogen) atoms. The highest BCUT2D eigenvalue weighted by Crippen LogP contribution is 2.28. The number of nitrogens with one attached hydrogen (secondary N) is 1. The second-order valence-corrected chi connectivity index (χ2v) is 10.9. The summed E-state index contributed by atoms with van der Waals surface area (Å²) in [5.74, 6) is -0.203. The van der Waals surface area contributed by atoms with E-state index in [-0.39, 0.29) is 29.0 Å². The summed E-state index contributed by atoms with van der Waals surface area (Å²) in [5, 5.41) is 9.77. The standard InChI is InChI=1S/C22H27N5O4S2/c1-15-21(16(2)31-26-15)33(29,30)27-12-4-5-18(13-27)22(28)24-9-3-6-20-25-19(14-32-20)17-7-10-23-11-8-17/h7-8,10-11,14,18H,3-6,9,12-13H2,1-2H3,(H,24,28)/t18-/m1/s1. The molecule has 3 aromatic rings. The SMILES string of the molecule is Cc1noc(C)c1S(=O)(=O)N1CCC[C@@H](C(=O)NCCCc2nc(-c3ccncc3)cs2)C1. The zero-order valence-corrected chi connectivity index (χ0v) is 20.3. The van der Waals surface area contributed by atoms with Crippen LogP contribution in [-0.2, 0) is 21.2 Å². The van der Waals surface area contributed by atoms with Crippen molar-refractivity contribution < 1.29 is 17.7 Å². The van der Waals surface area contributed by atoms with E-state index in [1.165, 1.54) is 4.31 Å². The van der Waals surface area contributed by atoms with Gasteiger partial charge in [0.05, 0.1) is 16.6 Å². The number of hydrogen-bond donors (Lipinski definition) is 1. The van der Waals surface area contributed by atoms with Crippen LogP contribution >= 0.6 is 11.3 Å². The van der Waals surface area contributed by atoms with E-state index in [1.807, 2.05) is 17.5 Å². The zero-order valence-electron chi connectivity index (χ0n) is 18.7. The molecule has 1 amide bonds. The molecule has 4 rings (SSSR count). The van der Waals surface area contributed by atoms with Gasteiger partial charge in [-0.2, -0.15) is 4.31 Å². The largest absolute Gasteiger partial charge is 0.360 e. The van der Waals surface area contributed by atoms with Crippen LogP contribution in [0.25, 0.3) is 11.3 Å². The van der Waals surface area contributed by atoms with Crippen LogP contribution in [0.15, 0.2) is 39.3 Å². The molecule has 0 aliphatic carbocycles. The van der Waals surface area contributed by atoms with Gasteiger partial charge in [-0.05, 0) is 45.2 Å². The summed E-state index contributed by atoms with van der Waals surface area (Å²) in [6.07, 6.45) is 6.33. The number of nitrogens with zero attached hydrogens (tertiary/aromatic N) is 4. The number of hydrogen-bond acceptors (Lipinski definition) is 8. The van der Waals surface area contributed by atoms with Crippen LogP contribution in [0.5, 0.6) is 0 Å². The number of carbonyl (C=O) groups is 1. The van der Waals surface area contributed by atoms with E-state index in [2.05, 4.69) is 20.4 Å². The third-order valence-corrected chi connectivity index (χ3v) is 8.73. The van der Waals surface area contributed by atoms with Crippen molar-refractivity contribution in [3.05, 3.63) is 46.4 Å². The van der Waals surface area contributed by atoms with Crippen molar-refractivity contribution in [1.82, 2.24) is 24.7 Å². The Labute approximate surface area is 197 Å². The normalized spacial score (nSPS) is 17.2. The highest BCUT2D eigenvalue weighted by atomic mass is 32.2. The lowest BCUT2D eigenvalue weighted by atomic mass is 9.99. The Morgan fingerprint density at radius 3 is 2.82 bits per heavy atom. The van der Waals surface area contributed by atoms with E-state index in [0.29, 0.717) is 31.6 Å². The molecule has 3 aromatic heterocycles. The molecular formula is C22H27N5O4S2. The molecule has 1 aliphatic heterocycles. The van der Waals surface area contributed by atoms with E-state index < -0.39 is 10.0 Å². The number of amides is 1. The van der Waals surface area contributed by atoms with Gasteiger partial charge < -0.3 is 9.84 Å². The van der Waals surface area contributed by atoms with Crippen LogP contribution in [0.1, 0.15) is 35.7 Å². The summed E-state index contributed by atoms with van der Waals surface area (Å²) in [5.41, 5.74) is 2.31.